The highest BCUT2D eigenvalue weighted by molar-refractivity contribution is 7.80. The van der Waals surface area contributed by atoms with Gasteiger partial charge in [-0.2, -0.15) is 8.78 Å². The summed E-state index contributed by atoms with van der Waals surface area (Å²) in [7, 11) is 0. The molecule has 0 saturated heterocycles. The Morgan fingerprint density at radius 3 is 2.74 bits per heavy atom. The third-order valence-electron chi connectivity index (χ3n) is 2.16. The van der Waals surface area contributed by atoms with Gasteiger partial charge in [0.25, 0.3) is 5.91 Å². The molecule has 100 valence electrons. The molecule has 7 heteroatoms. The number of rotatable bonds is 4. The predicted molar refractivity (Wildman–Crippen MR) is 72.6 cm³/mol. The van der Waals surface area contributed by atoms with Crippen LogP contribution in [0.3, 0.4) is 0 Å². The zero-order valence-corrected chi connectivity index (χ0v) is 11.2. The van der Waals surface area contributed by atoms with E-state index in [0.717, 1.165) is 0 Å². The van der Waals surface area contributed by atoms with E-state index in [9.17, 15) is 13.6 Å². The number of benzene rings is 1. The first-order chi connectivity index (χ1) is 9.06. The van der Waals surface area contributed by atoms with Gasteiger partial charge in [0.2, 0.25) is 0 Å². The molecule has 0 saturated carbocycles. The van der Waals surface area contributed by atoms with Crippen LogP contribution in [0.4, 0.5) is 14.5 Å². The summed E-state index contributed by atoms with van der Waals surface area (Å²) in [6.07, 6.45) is 0. The Balaban J connectivity index is 2.16. The molecular weight excluding hydrogens is 292 g/mol. The van der Waals surface area contributed by atoms with Crippen molar-refractivity contribution in [2.24, 2.45) is 0 Å². The maximum Gasteiger partial charge on any atom is 0.387 e. The molecule has 0 atom stereocenters. The lowest BCUT2D eigenvalue weighted by Gasteiger charge is -2.10. The maximum absolute atomic E-state index is 12.2. The number of amides is 1. The summed E-state index contributed by atoms with van der Waals surface area (Å²) in [6.45, 7) is -2.94. The van der Waals surface area contributed by atoms with Gasteiger partial charge in [0, 0.05) is 10.3 Å². The number of thiophene rings is 1. The first kappa shape index (κ1) is 13.8. The summed E-state index contributed by atoms with van der Waals surface area (Å²) in [5.74, 6) is -0.468. The molecule has 0 fully saturated rings. The van der Waals surface area contributed by atoms with Gasteiger partial charge < -0.3 is 10.1 Å². The number of carbonyl (C=O) groups excluding carboxylic acids is 1. The molecule has 1 aromatic carbocycles. The minimum Gasteiger partial charge on any atom is -0.433 e. The summed E-state index contributed by atoms with van der Waals surface area (Å²) in [5.41, 5.74) is 0.196. The van der Waals surface area contributed by atoms with Crippen molar-refractivity contribution >= 4 is 35.6 Å². The van der Waals surface area contributed by atoms with Crippen molar-refractivity contribution in [1.29, 1.82) is 0 Å². The molecule has 1 amide bonds. The SMILES string of the molecule is O=C(Nc1ccccc1OC(F)F)c1cc(S)cs1. The Morgan fingerprint density at radius 2 is 2.11 bits per heavy atom. The fourth-order valence-corrected chi connectivity index (χ4v) is 2.44. The third kappa shape index (κ3) is 3.68. The van der Waals surface area contributed by atoms with Gasteiger partial charge in [0.1, 0.15) is 5.75 Å². The van der Waals surface area contributed by atoms with Crippen molar-refractivity contribution in [1.82, 2.24) is 0 Å². The largest absolute Gasteiger partial charge is 0.433 e. The average Bonchev–Trinajstić information content (AvgIpc) is 2.78. The average molecular weight is 301 g/mol. The normalized spacial score (nSPS) is 10.5. The summed E-state index contributed by atoms with van der Waals surface area (Å²) < 4.78 is 28.8. The molecule has 0 aliphatic rings. The third-order valence-corrected chi connectivity index (χ3v) is 3.52. The quantitative estimate of drug-likeness (QED) is 0.841. The highest BCUT2D eigenvalue weighted by Crippen LogP contribution is 2.27. The number of halogens is 2. The Morgan fingerprint density at radius 1 is 1.37 bits per heavy atom. The fraction of sp³-hybridized carbons (Fsp3) is 0.0833. The Hall–Kier alpha value is -1.60. The zero-order valence-electron chi connectivity index (χ0n) is 9.47. The van der Waals surface area contributed by atoms with E-state index in [4.69, 9.17) is 0 Å². The van der Waals surface area contributed by atoms with E-state index in [2.05, 4.69) is 22.7 Å². The van der Waals surface area contributed by atoms with Crippen LogP contribution in [0.25, 0.3) is 0 Å². The van der Waals surface area contributed by atoms with Gasteiger partial charge in [0.15, 0.2) is 0 Å². The topological polar surface area (TPSA) is 38.3 Å². The molecule has 0 bridgehead atoms. The van der Waals surface area contributed by atoms with Crippen LogP contribution in [0.15, 0.2) is 40.6 Å². The molecule has 0 unspecified atom stereocenters. The number of para-hydroxylation sites is 2. The molecule has 1 N–H and O–H groups in total. The summed E-state index contributed by atoms with van der Waals surface area (Å²) >= 11 is 5.32. The van der Waals surface area contributed by atoms with E-state index in [1.807, 2.05) is 0 Å². The van der Waals surface area contributed by atoms with Crippen molar-refractivity contribution in [2.45, 2.75) is 11.5 Å². The highest BCUT2D eigenvalue weighted by Gasteiger charge is 2.13. The zero-order chi connectivity index (χ0) is 13.8. The van der Waals surface area contributed by atoms with E-state index >= 15 is 0 Å². The van der Waals surface area contributed by atoms with Crippen molar-refractivity contribution in [3.8, 4) is 5.75 Å². The maximum atomic E-state index is 12.2. The molecule has 0 radical (unpaired) electrons. The number of hydrogen-bond acceptors (Lipinski definition) is 4. The number of hydrogen-bond donors (Lipinski definition) is 2. The summed E-state index contributed by atoms with van der Waals surface area (Å²) in [4.78, 5) is 13.0. The molecule has 0 aliphatic heterocycles. The van der Waals surface area contributed by atoms with E-state index in [1.165, 1.54) is 23.5 Å². The number of alkyl halides is 2. The van der Waals surface area contributed by atoms with Crippen molar-refractivity contribution in [2.75, 3.05) is 5.32 Å². The summed E-state index contributed by atoms with van der Waals surface area (Å²) in [6, 6.07) is 7.61. The number of ether oxygens (including phenoxy) is 1. The molecule has 2 rings (SSSR count). The van der Waals surface area contributed by atoms with Crippen LogP contribution in [0.2, 0.25) is 0 Å². The molecule has 1 heterocycles. The van der Waals surface area contributed by atoms with E-state index < -0.39 is 12.5 Å². The van der Waals surface area contributed by atoms with Crippen molar-refractivity contribution in [3.05, 3.63) is 40.6 Å². The molecule has 19 heavy (non-hydrogen) atoms. The van der Waals surface area contributed by atoms with Gasteiger partial charge >= 0.3 is 6.61 Å². The smallest absolute Gasteiger partial charge is 0.387 e. The number of thiol groups is 1. The standard InChI is InChI=1S/C12H9F2NO2S2/c13-12(14)17-9-4-2-1-3-8(9)15-11(16)10-5-7(18)6-19-10/h1-6,12,18H,(H,15,16). The van der Waals surface area contributed by atoms with Crippen LogP contribution < -0.4 is 10.1 Å². The molecule has 3 nitrogen and oxygen atoms in total. The number of carbonyl (C=O) groups is 1. The fourth-order valence-electron chi connectivity index (χ4n) is 1.40. The van der Waals surface area contributed by atoms with Gasteiger partial charge in [-0.25, -0.2) is 0 Å². The Labute approximate surface area is 117 Å². The molecule has 2 aromatic rings. The first-order valence-corrected chi connectivity index (χ1v) is 6.51. The lowest BCUT2D eigenvalue weighted by Crippen LogP contribution is -2.12. The number of nitrogens with one attached hydrogen (secondary N) is 1. The second kappa shape index (κ2) is 6.03. The van der Waals surface area contributed by atoms with Crippen LogP contribution >= 0.6 is 24.0 Å². The van der Waals surface area contributed by atoms with Gasteiger partial charge in [-0.05, 0) is 18.2 Å². The van der Waals surface area contributed by atoms with Crippen LogP contribution in [0.1, 0.15) is 9.67 Å². The van der Waals surface area contributed by atoms with Crippen LogP contribution in [0, 0.1) is 0 Å². The second-order valence-corrected chi connectivity index (χ2v) is 4.93. The predicted octanol–water partition coefficient (Wildman–Crippen LogP) is 3.89. The first-order valence-electron chi connectivity index (χ1n) is 5.19. The van der Waals surface area contributed by atoms with Crippen LogP contribution in [-0.2, 0) is 0 Å². The minimum absolute atomic E-state index is 0.0755. The van der Waals surface area contributed by atoms with Crippen LogP contribution in [0.5, 0.6) is 5.75 Å². The molecule has 0 aliphatic carbocycles. The lowest BCUT2D eigenvalue weighted by atomic mass is 10.3. The lowest BCUT2D eigenvalue weighted by molar-refractivity contribution is -0.0493. The molecule has 0 spiro atoms. The van der Waals surface area contributed by atoms with E-state index in [0.29, 0.717) is 9.77 Å². The van der Waals surface area contributed by atoms with Crippen LogP contribution in [-0.4, -0.2) is 12.5 Å². The molecule has 1 aromatic heterocycles. The van der Waals surface area contributed by atoms with Crippen molar-refractivity contribution < 1.29 is 18.3 Å². The van der Waals surface area contributed by atoms with Crippen molar-refractivity contribution in [3.63, 3.8) is 0 Å². The summed E-state index contributed by atoms with van der Waals surface area (Å²) in [5, 5.41) is 4.23. The minimum atomic E-state index is -2.94. The second-order valence-electron chi connectivity index (χ2n) is 3.50. The monoisotopic (exact) mass is 301 g/mol. The Kier molecular flexibility index (Phi) is 4.39. The van der Waals surface area contributed by atoms with Gasteiger partial charge in [-0.3, -0.25) is 4.79 Å². The van der Waals surface area contributed by atoms with E-state index in [1.54, 1.807) is 23.6 Å². The van der Waals surface area contributed by atoms with Gasteiger partial charge in [-0.15, -0.1) is 24.0 Å². The molecular formula is C12H9F2NO2S2. The van der Waals surface area contributed by atoms with Gasteiger partial charge in [-0.1, -0.05) is 12.1 Å². The highest BCUT2D eigenvalue weighted by atomic mass is 32.1. The Bertz CT molecular complexity index is 587. The van der Waals surface area contributed by atoms with E-state index in [-0.39, 0.29) is 11.4 Å². The number of anilines is 1. The van der Waals surface area contributed by atoms with Gasteiger partial charge in [0.05, 0.1) is 10.6 Å².